The molecule has 1 aliphatic carbocycles. The van der Waals surface area contributed by atoms with Crippen molar-refractivity contribution in [3.05, 3.63) is 28.3 Å². The lowest BCUT2D eigenvalue weighted by Gasteiger charge is -2.11. The second-order valence-corrected chi connectivity index (χ2v) is 4.67. The molecule has 2 nitrogen and oxygen atoms in total. The van der Waals surface area contributed by atoms with Crippen LogP contribution < -0.4 is 10.5 Å². The first-order valence-corrected chi connectivity index (χ1v) is 5.80. The van der Waals surface area contributed by atoms with Gasteiger partial charge in [-0.1, -0.05) is 6.07 Å². The minimum atomic E-state index is 0.214. The summed E-state index contributed by atoms with van der Waals surface area (Å²) in [6.45, 7) is 2.85. The number of nitrogens with two attached hydrogens (primary N) is 1. The van der Waals surface area contributed by atoms with Crippen molar-refractivity contribution >= 4 is 0 Å². The first-order chi connectivity index (χ1) is 7.29. The van der Waals surface area contributed by atoms with Gasteiger partial charge in [0.1, 0.15) is 11.9 Å². The van der Waals surface area contributed by atoms with Crippen molar-refractivity contribution < 1.29 is 4.74 Å². The zero-order valence-electron chi connectivity index (χ0n) is 9.18. The van der Waals surface area contributed by atoms with Crippen LogP contribution in [0.15, 0.2) is 6.07 Å². The van der Waals surface area contributed by atoms with Gasteiger partial charge in [-0.3, -0.25) is 0 Å². The molecule has 1 aromatic carbocycles. The molecule has 15 heavy (non-hydrogen) atoms. The van der Waals surface area contributed by atoms with Crippen LogP contribution in [-0.4, -0.2) is 12.6 Å². The fourth-order valence-electron chi connectivity index (χ4n) is 2.92. The van der Waals surface area contributed by atoms with E-state index < -0.39 is 0 Å². The Morgan fingerprint density at radius 1 is 1.40 bits per heavy atom. The maximum atomic E-state index is 5.93. The molecular formula is C13H17NO. The Bertz CT molecular complexity index is 411. The summed E-state index contributed by atoms with van der Waals surface area (Å²) in [4.78, 5) is 0. The number of fused-ring (bicyclic) bond motifs is 3. The molecule has 2 N–H and O–H groups in total. The summed E-state index contributed by atoms with van der Waals surface area (Å²) in [7, 11) is 0. The molecular weight excluding hydrogens is 186 g/mol. The van der Waals surface area contributed by atoms with Crippen molar-refractivity contribution in [3.8, 4) is 5.75 Å². The van der Waals surface area contributed by atoms with Crippen LogP contribution >= 0.6 is 0 Å². The van der Waals surface area contributed by atoms with Crippen molar-refractivity contribution in [3.63, 3.8) is 0 Å². The molecule has 0 fully saturated rings. The normalized spacial score (nSPS) is 22.4. The van der Waals surface area contributed by atoms with E-state index in [0.29, 0.717) is 6.54 Å². The van der Waals surface area contributed by atoms with Gasteiger partial charge in [0.2, 0.25) is 0 Å². The highest BCUT2D eigenvalue weighted by Gasteiger charge is 2.28. The average molecular weight is 203 g/mol. The van der Waals surface area contributed by atoms with Gasteiger partial charge >= 0.3 is 0 Å². The maximum absolute atomic E-state index is 5.93. The predicted octanol–water partition coefficient (Wildman–Crippen LogP) is 1.75. The highest BCUT2D eigenvalue weighted by molar-refractivity contribution is 5.54. The lowest BCUT2D eigenvalue weighted by atomic mass is 9.98. The molecule has 1 heterocycles. The number of hydrogen-bond donors (Lipinski definition) is 1. The summed E-state index contributed by atoms with van der Waals surface area (Å²) in [5, 5.41) is 0. The Morgan fingerprint density at radius 3 is 3.00 bits per heavy atom. The smallest absolute Gasteiger partial charge is 0.126 e. The lowest BCUT2D eigenvalue weighted by molar-refractivity contribution is 0.239. The molecule has 0 amide bonds. The molecule has 80 valence electrons. The topological polar surface area (TPSA) is 35.2 Å². The minimum Gasteiger partial charge on any atom is -0.488 e. The Balaban J connectivity index is 2.11. The molecule has 0 radical (unpaired) electrons. The minimum absolute atomic E-state index is 0.214. The van der Waals surface area contributed by atoms with E-state index in [1.165, 1.54) is 47.3 Å². The first-order valence-electron chi connectivity index (χ1n) is 5.80. The Kier molecular flexibility index (Phi) is 1.99. The van der Waals surface area contributed by atoms with Crippen molar-refractivity contribution in [1.29, 1.82) is 0 Å². The molecule has 0 aromatic heterocycles. The second-order valence-electron chi connectivity index (χ2n) is 4.67. The van der Waals surface area contributed by atoms with Crippen LogP contribution in [0.25, 0.3) is 0 Å². The van der Waals surface area contributed by atoms with Crippen molar-refractivity contribution in [2.75, 3.05) is 6.54 Å². The molecule has 2 aliphatic rings. The van der Waals surface area contributed by atoms with E-state index >= 15 is 0 Å². The van der Waals surface area contributed by atoms with Crippen LogP contribution in [0, 0.1) is 6.92 Å². The zero-order chi connectivity index (χ0) is 10.4. The largest absolute Gasteiger partial charge is 0.488 e. The third-order valence-electron chi connectivity index (χ3n) is 3.65. The van der Waals surface area contributed by atoms with Crippen LogP contribution in [0.5, 0.6) is 5.75 Å². The van der Waals surface area contributed by atoms with Crippen molar-refractivity contribution in [2.24, 2.45) is 5.73 Å². The van der Waals surface area contributed by atoms with Gasteiger partial charge in [0.15, 0.2) is 0 Å². The summed E-state index contributed by atoms with van der Waals surface area (Å²) >= 11 is 0. The number of ether oxygens (including phenoxy) is 1. The maximum Gasteiger partial charge on any atom is 0.126 e. The van der Waals surface area contributed by atoms with E-state index in [-0.39, 0.29) is 6.10 Å². The van der Waals surface area contributed by atoms with Gasteiger partial charge in [0, 0.05) is 13.0 Å². The molecule has 1 atom stereocenters. The highest BCUT2D eigenvalue weighted by atomic mass is 16.5. The second kappa shape index (κ2) is 3.24. The quantitative estimate of drug-likeness (QED) is 0.754. The zero-order valence-corrected chi connectivity index (χ0v) is 9.18. The summed E-state index contributed by atoms with van der Waals surface area (Å²) < 4.78 is 5.93. The highest BCUT2D eigenvalue weighted by Crippen LogP contribution is 2.40. The fraction of sp³-hybridized carbons (Fsp3) is 0.538. The van der Waals surface area contributed by atoms with Gasteiger partial charge in [0.25, 0.3) is 0 Å². The average Bonchev–Trinajstić information content (AvgIpc) is 2.80. The van der Waals surface area contributed by atoms with E-state index in [2.05, 4.69) is 13.0 Å². The van der Waals surface area contributed by atoms with Gasteiger partial charge in [-0.25, -0.2) is 0 Å². The van der Waals surface area contributed by atoms with E-state index in [1.54, 1.807) is 0 Å². The molecule has 3 rings (SSSR count). The van der Waals surface area contributed by atoms with Crippen LogP contribution in [0.4, 0.5) is 0 Å². The number of benzene rings is 1. The molecule has 2 heteroatoms. The Hall–Kier alpha value is -1.02. The van der Waals surface area contributed by atoms with Gasteiger partial charge in [-0.2, -0.15) is 0 Å². The van der Waals surface area contributed by atoms with Crippen LogP contribution in [0.2, 0.25) is 0 Å². The summed E-state index contributed by atoms with van der Waals surface area (Å²) in [6, 6.07) is 2.30. The first kappa shape index (κ1) is 9.22. The summed E-state index contributed by atoms with van der Waals surface area (Å²) in [5.41, 5.74) is 11.5. The predicted molar refractivity (Wildman–Crippen MR) is 60.4 cm³/mol. The van der Waals surface area contributed by atoms with E-state index in [1.807, 2.05) is 0 Å². The number of aryl methyl sites for hydroxylation is 1. The van der Waals surface area contributed by atoms with Gasteiger partial charge in [0.05, 0.1) is 0 Å². The molecule has 0 saturated heterocycles. The standard InChI is InChI=1S/C13H17NO/c1-8-5-9-6-10(7-14)15-13(9)12-4-2-3-11(8)12/h5,10H,2-4,6-7,14H2,1H3/t10-/m1/s1. The third-order valence-corrected chi connectivity index (χ3v) is 3.65. The van der Waals surface area contributed by atoms with Crippen LogP contribution in [-0.2, 0) is 19.3 Å². The van der Waals surface area contributed by atoms with Gasteiger partial charge in [-0.15, -0.1) is 0 Å². The summed E-state index contributed by atoms with van der Waals surface area (Å²) in [6.07, 6.45) is 4.91. The summed E-state index contributed by atoms with van der Waals surface area (Å²) in [5.74, 6) is 1.17. The van der Waals surface area contributed by atoms with Gasteiger partial charge < -0.3 is 10.5 Å². The van der Waals surface area contributed by atoms with Crippen molar-refractivity contribution in [1.82, 2.24) is 0 Å². The SMILES string of the molecule is Cc1cc2c(c3c1CCC3)O[C@@H](CN)C2. The number of rotatable bonds is 1. The lowest BCUT2D eigenvalue weighted by Crippen LogP contribution is -2.24. The fourth-order valence-corrected chi connectivity index (χ4v) is 2.92. The van der Waals surface area contributed by atoms with Crippen molar-refractivity contribution in [2.45, 2.75) is 38.7 Å². The van der Waals surface area contributed by atoms with E-state index in [9.17, 15) is 0 Å². The number of hydrogen-bond acceptors (Lipinski definition) is 2. The van der Waals surface area contributed by atoms with Crippen LogP contribution in [0.1, 0.15) is 28.7 Å². The third kappa shape index (κ3) is 1.28. The Labute approximate surface area is 90.4 Å². The van der Waals surface area contributed by atoms with E-state index in [4.69, 9.17) is 10.5 Å². The van der Waals surface area contributed by atoms with Gasteiger partial charge in [-0.05, 0) is 48.4 Å². The molecule has 1 aromatic rings. The van der Waals surface area contributed by atoms with E-state index in [0.717, 1.165) is 6.42 Å². The van der Waals surface area contributed by atoms with Crippen LogP contribution in [0.3, 0.4) is 0 Å². The molecule has 0 bridgehead atoms. The monoisotopic (exact) mass is 203 g/mol. The molecule has 1 aliphatic heterocycles. The molecule has 0 saturated carbocycles. The molecule has 0 spiro atoms. The molecule has 0 unspecified atom stereocenters. The Morgan fingerprint density at radius 2 is 2.20 bits per heavy atom.